The van der Waals surface area contributed by atoms with Crippen LogP contribution >= 0.6 is 23.2 Å². The average Bonchev–Trinajstić information content (AvgIpc) is 3.25. The number of rotatable bonds is 9. The van der Waals surface area contributed by atoms with Crippen LogP contribution in [-0.2, 0) is 16.2 Å². The molecule has 0 radical (unpaired) electrons. The molecule has 1 atom stereocenters. The molecular formula is C26H24Cl2FN3O4. The number of carbonyl (C=O) groups is 2. The van der Waals surface area contributed by atoms with Gasteiger partial charge in [-0.1, -0.05) is 29.3 Å². The lowest BCUT2D eigenvalue weighted by Crippen LogP contribution is -2.36. The molecule has 2 N–H and O–H groups in total. The fourth-order valence-electron chi connectivity index (χ4n) is 3.78. The zero-order valence-corrected chi connectivity index (χ0v) is 20.9. The summed E-state index contributed by atoms with van der Waals surface area (Å²) < 4.78 is 24.8. The fraction of sp³-hybridized carbons (Fsp3) is 0.231. The van der Waals surface area contributed by atoms with Gasteiger partial charge in [-0.05, 0) is 55.5 Å². The molecular weight excluding hydrogens is 508 g/mol. The quantitative estimate of drug-likeness (QED) is 0.351. The van der Waals surface area contributed by atoms with Gasteiger partial charge in [0.05, 0.1) is 18.2 Å². The van der Waals surface area contributed by atoms with Crippen molar-refractivity contribution in [3.8, 4) is 11.5 Å². The molecule has 0 aromatic heterocycles. The second-order valence-corrected chi connectivity index (χ2v) is 8.89. The first-order chi connectivity index (χ1) is 17.4. The van der Waals surface area contributed by atoms with E-state index in [0.29, 0.717) is 45.1 Å². The highest BCUT2D eigenvalue weighted by molar-refractivity contribution is 6.35. The minimum absolute atomic E-state index is 0.0620. The molecule has 0 spiro atoms. The second kappa shape index (κ2) is 11.5. The van der Waals surface area contributed by atoms with Crippen molar-refractivity contribution in [3.05, 3.63) is 82.1 Å². The second-order valence-electron chi connectivity index (χ2n) is 8.08. The molecule has 7 nitrogen and oxygen atoms in total. The van der Waals surface area contributed by atoms with Crippen molar-refractivity contribution < 1.29 is 23.5 Å². The molecule has 1 heterocycles. The molecule has 2 amide bonds. The normalized spacial score (nSPS) is 15.1. The first-order valence-electron chi connectivity index (χ1n) is 11.3. The summed E-state index contributed by atoms with van der Waals surface area (Å²) in [6, 6.07) is 16.0. The maximum atomic E-state index is 13.2. The van der Waals surface area contributed by atoms with Gasteiger partial charge >= 0.3 is 0 Å². The van der Waals surface area contributed by atoms with Crippen LogP contribution in [0.5, 0.6) is 11.5 Å². The van der Waals surface area contributed by atoms with Gasteiger partial charge in [0, 0.05) is 40.3 Å². The average molecular weight is 532 g/mol. The van der Waals surface area contributed by atoms with Gasteiger partial charge in [-0.15, -0.1) is 0 Å². The first kappa shape index (κ1) is 25.6. The van der Waals surface area contributed by atoms with E-state index in [1.165, 1.54) is 29.2 Å². The van der Waals surface area contributed by atoms with Crippen molar-refractivity contribution in [2.45, 2.75) is 20.0 Å². The van der Waals surface area contributed by atoms with Crippen molar-refractivity contribution in [2.75, 3.05) is 23.5 Å². The lowest BCUT2D eigenvalue weighted by Gasteiger charge is -2.17. The highest BCUT2D eigenvalue weighted by Crippen LogP contribution is 2.33. The van der Waals surface area contributed by atoms with Gasteiger partial charge in [0.25, 0.3) is 0 Å². The lowest BCUT2D eigenvalue weighted by atomic mass is 10.1. The largest absolute Gasteiger partial charge is 0.490 e. The molecule has 10 heteroatoms. The maximum absolute atomic E-state index is 13.2. The van der Waals surface area contributed by atoms with E-state index in [0.717, 1.165) is 0 Å². The molecule has 0 unspecified atom stereocenters. The van der Waals surface area contributed by atoms with E-state index in [1.54, 1.807) is 36.4 Å². The van der Waals surface area contributed by atoms with Crippen molar-refractivity contribution in [2.24, 2.45) is 5.92 Å². The van der Waals surface area contributed by atoms with Gasteiger partial charge in [0.1, 0.15) is 12.4 Å². The third kappa shape index (κ3) is 6.01. The molecule has 1 aliphatic rings. The summed E-state index contributed by atoms with van der Waals surface area (Å²) in [5, 5.41) is 1.01. The number of nitrogens with one attached hydrogen (secondary N) is 2. The zero-order valence-electron chi connectivity index (χ0n) is 19.4. The number of ether oxygens (including phenoxy) is 2. The van der Waals surface area contributed by atoms with Gasteiger partial charge < -0.3 is 14.4 Å². The summed E-state index contributed by atoms with van der Waals surface area (Å²) in [7, 11) is 0. The number of anilines is 2. The maximum Gasteiger partial charge on any atom is 0.243 e. The molecule has 3 aromatic rings. The SMILES string of the molecule is CCOc1cc(NNC(=O)[C@@H]2CC(=O)N(c3ccc(F)cc3)C2)ccc1OCc1c(Cl)cccc1Cl. The Kier molecular flexibility index (Phi) is 8.18. The van der Waals surface area contributed by atoms with Gasteiger partial charge in [-0.2, -0.15) is 0 Å². The number of carbonyl (C=O) groups excluding carboxylic acids is 2. The molecule has 188 valence electrons. The molecule has 0 aliphatic carbocycles. The predicted octanol–water partition coefficient (Wildman–Crippen LogP) is 5.61. The number of amides is 2. The molecule has 1 saturated heterocycles. The highest BCUT2D eigenvalue weighted by Gasteiger charge is 2.35. The Morgan fingerprint density at radius 2 is 1.78 bits per heavy atom. The zero-order chi connectivity index (χ0) is 25.7. The Morgan fingerprint density at radius 3 is 2.47 bits per heavy atom. The van der Waals surface area contributed by atoms with Crippen LogP contribution in [0.2, 0.25) is 10.0 Å². The minimum Gasteiger partial charge on any atom is -0.490 e. The number of hydrogen-bond donors (Lipinski definition) is 2. The van der Waals surface area contributed by atoms with Crippen LogP contribution in [0.3, 0.4) is 0 Å². The predicted molar refractivity (Wildman–Crippen MR) is 137 cm³/mol. The van der Waals surface area contributed by atoms with Crippen LogP contribution in [0.1, 0.15) is 18.9 Å². The Balaban J connectivity index is 1.37. The summed E-state index contributed by atoms with van der Waals surface area (Å²) in [5.41, 5.74) is 7.29. The molecule has 0 bridgehead atoms. The molecule has 1 aliphatic heterocycles. The Morgan fingerprint density at radius 1 is 1.06 bits per heavy atom. The van der Waals surface area contributed by atoms with Crippen molar-refractivity contribution >= 4 is 46.4 Å². The van der Waals surface area contributed by atoms with Crippen molar-refractivity contribution in [1.29, 1.82) is 0 Å². The minimum atomic E-state index is -0.551. The summed E-state index contributed by atoms with van der Waals surface area (Å²) in [6.07, 6.45) is 0.0620. The monoisotopic (exact) mass is 531 g/mol. The smallest absolute Gasteiger partial charge is 0.243 e. The molecule has 36 heavy (non-hydrogen) atoms. The van der Waals surface area contributed by atoms with Crippen LogP contribution < -0.4 is 25.2 Å². The van der Waals surface area contributed by atoms with Crippen molar-refractivity contribution in [1.82, 2.24) is 5.43 Å². The van der Waals surface area contributed by atoms with Crippen LogP contribution in [-0.4, -0.2) is 25.0 Å². The molecule has 4 rings (SSSR count). The number of halogens is 3. The number of benzene rings is 3. The molecule has 1 fully saturated rings. The van der Waals surface area contributed by atoms with E-state index >= 15 is 0 Å². The Bertz CT molecular complexity index is 1240. The van der Waals surface area contributed by atoms with Crippen LogP contribution in [0.15, 0.2) is 60.7 Å². The van der Waals surface area contributed by atoms with Crippen LogP contribution in [0.4, 0.5) is 15.8 Å². The van der Waals surface area contributed by atoms with Crippen LogP contribution in [0, 0.1) is 11.7 Å². The molecule has 0 saturated carbocycles. The van der Waals surface area contributed by atoms with Crippen LogP contribution in [0.25, 0.3) is 0 Å². The van der Waals surface area contributed by atoms with Gasteiger partial charge in [0.15, 0.2) is 11.5 Å². The Labute approximate surface area is 218 Å². The van der Waals surface area contributed by atoms with E-state index in [4.69, 9.17) is 32.7 Å². The lowest BCUT2D eigenvalue weighted by molar-refractivity contribution is -0.125. The van der Waals surface area contributed by atoms with E-state index in [1.807, 2.05) is 6.92 Å². The summed E-state index contributed by atoms with van der Waals surface area (Å²) in [6.45, 7) is 2.62. The first-order valence-corrected chi connectivity index (χ1v) is 12.1. The summed E-state index contributed by atoms with van der Waals surface area (Å²) in [5.74, 6) is -0.511. The fourth-order valence-corrected chi connectivity index (χ4v) is 4.29. The van der Waals surface area contributed by atoms with Gasteiger partial charge in [-0.25, -0.2) is 4.39 Å². The van der Waals surface area contributed by atoms with Gasteiger partial charge in [0.2, 0.25) is 11.8 Å². The number of nitrogens with zero attached hydrogens (tertiary/aromatic N) is 1. The highest BCUT2D eigenvalue weighted by atomic mass is 35.5. The standard InChI is InChI=1S/C26H24Cl2FN3O4/c1-2-35-24-13-18(8-11-23(24)36-15-20-21(27)4-3-5-22(20)28)30-31-26(34)16-12-25(33)32(14-16)19-9-6-17(29)7-10-19/h3-11,13,16,30H,2,12,14-15H2,1H3,(H,31,34)/t16-/m1/s1. The number of hydrogen-bond acceptors (Lipinski definition) is 5. The van der Waals surface area contributed by atoms with E-state index in [-0.39, 0.29) is 37.2 Å². The van der Waals surface area contributed by atoms with E-state index in [9.17, 15) is 14.0 Å². The summed E-state index contributed by atoms with van der Waals surface area (Å²) >= 11 is 12.4. The van der Waals surface area contributed by atoms with E-state index in [2.05, 4.69) is 10.9 Å². The van der Waals surface area contributed by atoms with Crippen molar-refractivity contribution in [3.63, 3.8) is 0 Å². The Hall–Kier alpha value is -3.49. The molecule has 3 aromatic carbocycles. The topological polar surface area (TPSA) is 79.9 Å². The third-order valence-electron chi connectivity index (χ3n) is 5.64. The third-order valence-corrected chi connectivity index (χ3v) is 6.35. The van der Waals surface area contributed by atoms with Gasteiger partial charge in [-0.3, -0.25) is 20.4 Å². The number of hydrazine groups is 1. The summed E-state index contributed by atoms with van der Waals surface area (Å²) in [4.78, 5) is 26.6. The van der Waals surface area contributed by atoms with E-state index < -0.39 is 5.92 Å².